The molecule has 3 rings (SSSR count). The Morgan fingerprint density at radius 2 is 1.83 bits per heavy atom. The molecule has 1 unspecified atom stereocenters. The lowest BCUT2D eigenvalue weighted by molar-refractivity contribution is 0.0695. The molecule has 0 aliphatic heterocycles. The van der Waals surface area contributed by atoms with Crippen LogP contribution in [0.1, 0.15) is 46.9 Å². The fourth-order valence-corrected chi connectivity index (χ4v) is 3.78. The Labute approximate surface area is 186 Å². The molecule has 30 heavy (non-hydrogen) atoms. The number of ether oxygens (including phenoxy) is 1. The molecule has 0 saturated heterocycles. The molecule has 0 aliphatic rings. The van der Waals surface area contributed by atoms with Gasteiger partial charge in [0, 0.05) is 11.5 Å². The van der Waals surface area contributed by atoms with Crippen LogP contribution in [-0.4, -0.2) is 18.1 Å². The number of carboxylic acid groups (broad SMARTS) is 1. The van der Waals surface area contributed by atoms with E-state index in [1.54, 1.807) is 6.07 Å². The highest BCUT2D eigenvalue weighted by Crippen LogP contribution is 2.36. The van der Waals surface area contributed by atoms with Crippen LogP contribution in [0, 0.1) is 0 Å². The van der Waals surface area contributed by atoms with Crippen molar-refractivity contribution in [2.24, 2.45) is 0 Å². The van der Waals surface area contributed by atoms with E-state index in [1.165, 1.54) is 0 Å². The molecular weight excluding hydrogens is 442 g/mol. The maximum absolute atomic E-state index is 11.5. The zero-order valence-electron chi connectivity index (χ0n) is 17.4. The van der Waals surface area contributed by atoms with E-state index in [4.69, 9.17) is 4.74 Å². The van der Waals surface area contributed by atoms with Gasteiger partial charge in [-0.25, -0.2) is 4.79 Å². The van der Waals surface area contributed by atoms with E-state index in [2.05, 4.69) is 27.8 Å². The van der Waals surface area contributed by atoms with Gasteiger partial charge in [-0.2, -0.15) is 0 Å². The Hall–Kier alpha value is -2.79. The number of aryl methyl sites for hydroxylation is 1. The van der Waals surface area contributed by atoms with Crippen molar-refractivity contribution in [3.05, 3.63) is 93.5 Å². The first-order chi connectivity index (χ1) is 14.4. The van der Waals surface area contributed by atoms with Gasteiger partial charge < -0.3 is 14.7 Å². The van der Waals surface area contributed by atoms with Gasteiger partial charge in [-0.15, -0.1) is 0 Å². The third-order valence-corrected chi connectivity index (χ3v) is 5.84. The number of anilines is 1. The highest BCUT2D eigenvalue weighted by atomic mass is 79.9. The van der Waals surface area contributed by atoms with Gasteiger partial charge in [0.1, 0.15) is 12.4 Å². The van der Waals surface area contributed by atoms with E-state index in [0.29, 0.717) is 18.6 Å². The van der Waals surface area contributed by atoms with Crippen LogP contribution in [0.25, 0.3) is 0 Å². The van der Waals surface area contributed by atoms with Crippen LogP contribution < -0.4 is 9.64 Å². The van der Waals surface area contributed by atoms with Crippen LogP contribution in [0.4, 0.5) is 5.69 Å². The van der Waals surface area contributed by atoms with Crippen molar-refractivity contribution in [2.45, 2.75) is 32.9 Å². The summed E-state index contributed by atoms with van der Waals surface area (Å²) in [6, 6.07) is 21.7. The molecule has 156 valence electrons. The molecule has 0 aliphatic carbocycles. The van der Waals surface area contributed by atoms with E-state index >= 15 is 0 Å². The molecule has 0 amide bonds. The molecule has 1 N–H and O–H groups in total. The second-order valence-corrected chi connectivity index (χ2v) is 8.16. The Bertz CT molecular complexity index is 1020. The van der Waals surface area contributed by atoms with Crippen molar-refractivity contribution >= 4 is 27.6 Å². The summed E-state index contributed by atoms with van der Waals surface area (Å²) < 4.78 is 7.11. The number of rotatable bonds is 8. The monoisotopic (exact) mass is 467 g/mol. The molecule has 5 heteroatoms. The van der Waals surface area contributed by atoms with Gasteiger partial charge in [-0.3, -0.25) is 0 Å². The maximum Gasteiger partial charge on any atom is 0.335 e. The summed E-state index contributed by atoms with van der Waals surface area (Å²) in [5.41, 5.74) is 4.36. The summed E-state index contributed by atoms with van der Waals surface area (Å²) in [5, 5.41) is 9.40. The van der Waals surface area contributed by atoms with Crippen molar-refractivity contribution in [3.8, 4) is 5.75 Å². The number of carbonyl (C=O) groups is 1. The van der Waals surface area contributed by atoms with Gasteiger partial charge in [0.15, 0.2) is 0 Å². The Kier molecular flexibility index (Phi) is 7.16. The lowest BCUT2D eigenvalue weighted by atomic mass is 9.98. The third-order valence-electron chi connectivity index (χ3n) is 5.34. The molecule has 0 spiro atoms. The second-order valence-electron chi connectivity index (χ2n) is 7.25. The van der Waals surface area contributed by atoms with Crippen molar-refractivity contribution in [3.63, 3.8) is 0 Å². The third kappa shape index (κ3) is 5.03. The molecule has 3 aromatic carbocycles. The zero-order chi connectivity index (χ0) is 21.7. The van der Waals surface area contributed by atoms with Gasteiger partial charge in [0.2, 0.25) is 0 Å². The molecule has 3 aromatic rings. The minimum absolute atomic E-state index is 0.0402. The minimum Gasteiger partial charge on any atom is -0.487 e. The number of hydrogen-bond acceptors (Lipinski definition) is 3. The number of hydrogen-bond donors (Lipinski definition) is 1. The van der Waals surface area contributed by atoms with E-state index < -0.39 is 5.97 Å². The van der Waals surface area contributed by atoms with Crippen LogP contribution in [-0.2, 0) is 13.0 Å². The summed E-state index contributed by atoms with van der Waals surface area (Å²) in [6.45, 7) is 4.57. The fraction of sp³-hybridized carbons (Fsp3) is 0.240. The van der Waals surface area contributed by atoms with E-state index in [1.807, 2.05) is 74.6 Å². The van der Waals surface area contributed by atoms with Crippen LogP contribution in [0.15, 0.2) is 71.2 Å². The molecule has 0 aromatic heterocycles. The highest BCUT2D eigenvalue weighted by Gasteiger charge is 2.19. The predicted octanol–water partition coefficient (Wildman–Crippen LogP) is 6.49. The Morgan fingerprint density at radius 3 is 2.50 bits per heavy atom. The quantitative estimate of drug-likeness (QED) is 0.411. The largest absolute Gasteiger partial charge is 0.487 e. The van der Waals surface area contributed by atoms with Crippen LogP contribution in [0.5, 0.6) is 5.75 Å². The first-order valence-electron chi connectivity index (χ1n) is 9.96. The number of carboxylic acids is 1. The summed E-state index contributed by atoms with van der Waals surface area (Å²) in [5.74, 6) is -0.0932. The van der Waals surface area contributed by atoms with Crippen LogP contribution >= 0.6 is 15.9 Å². The van der Waals surface area contributed by atoms with Crippen molar-refractivity contribution < 1.29 is 14.6 Å². The summed E-state index contributed by atoms with van der Waals surface area (Å²) in [6.07, 6.45) is 0.676. The van der Waals surface area contributed by atoms with Gasteiger partial charge in [0.25, 0.3) is 0 Å². The maximum atomic E-state index is 11.5. The van der Waals surface area contributed by atoms with Gasteiger partial charge >= 0.3 is 5.97 Å². The van der Waals surface area contributed by atoms with Gasteiger partial charge in [-0.05, 0) is 54.3 Å². The van der Waals surface area contributed by atoms with Crippen LogP contribution in [0.2, 0.25) is 0 Å². The molecule has 0 heterocycles. The molecule has 1 atom stereocenters. The summed E-state index contributed by atoms with van der Waals surface area (Å²) in [4.78, 5) is 13.6. The average Bonchev–Trinajstić information content (AvgIpc) is 2.77. The van der Waals surface area contributed by atoms with E-state index in [0.717, 1.165) is 32.6 Å². The number of nitrogens with zero attached hydrogens (tertiary/aromatic N) is 1. The standard InChI is InChI=1S/C25H26BrNO3/c1-4-19-14-20(10-12-22(19)25(28)29)17(2)27(3)23-13-11-21(26)15-24(23)30-16-18-8-6-5-7-9-18/h5-15,17H,4,16H2,1-3H3,(H,28,29). The SMILES string of the molecule is CCc1cc(C(C)N(C)c2ccc(Br)cc2OCc2ccccc2)ccc1C(=O)O. The predicted molar refractivity (Wildman–Crippen MR) is 125 cm³/mol. The molecule has 0 saturated carbocycles. The number of benzene rings is 3. The molecule has 0 fully saturated rings. The topological polar surface area (TPSA) is 49.8 Å². The van der Waals surface area contributed by atoms with Crippen molar-refractivity contribution in [2.75, 3.05) is 11.9 Å². The molecule has 0 radical (unpaired) electrons. The lowest BCUT2D eigenvalue weighted by Crippen LogP contribution is -2.22. The average molecular weight is 468 g/mol. The smallest absolute Gasteiger partial charge is 0.335 e. The van der Waals surface area contributed by atoms with E-state index in [-0.39, 0.29) is 6.04 Å². The van der Waals surface area contributed by atoms with Gasteiger partial charge in [0.05, 0.1) is 17.3 Å². The minimum atomic E-state index is -0.885. The van der Waals surface area contributed by atoms with Crippen LogP contribution in [0.3, 0.4) is 0 Å². The number of halogens is 1. The Balaban J connectivity index is 1.87. The first kappa shape index (κ1) is 21.9. The first-order valence-corrected chi connectivity index (χ1v) is 10.7. The van der Waals surface area contributed by atoms with E-state index in [9.17, 15) is 9.90 Å². The normalized spacial score (nSPS) is 11.7. The summed E-state index contributed by atoms with van der Waals surface area (Å²) >= 11 is 3.54. The molecule has 0 bridgehead atoms. The van der Waals surface area contributed by atoms with Gasteiger partial charge in [-0.1, -0.05) is 65.3 Å². The molecular formula is C25H26BrNO3. The second kappa shape index (κ2) is 9.81. The number of aromatic carboxylic acids is 1. The molecule has 4 nitrogen and oxygen atoms in total. The highest BCUT2D eigenvalue weighted by molar-refractivity contribution is 9.10. The Morgan fingerprint density at radius 1 is 1.10 bits per heavy atom. The fourth-order valence-electron chi connectivity index (χ4n) is 3.44. The lowest BCUT2D eigenvalue weighted by Gasteiger charge is -2.29. The van der Waals surface area contributed by atoms with Crippen molar-refractivity contribution in [1.82, 2.24) is 0 Å². The zero-order valence-corrected chi connectivity index (χ0v) is 19.0. The van der Waals surface area contributed by atoms with Crippen molar-refractivity contribution in [1.29, 1.82) is 0 Å². The summed E-state index contributed by atoms with van der Waals surface area (Å²) in [7, 11) is 2.03.